The first-order valence-electron chi connectivity index (χ1n) is 4.12. The Morgan fingerprint density at radius 1 is 1.50 bits per heavy atom. The molecular weight excluding hydrogens is 152 g/mol. The van der Waals surface area contributed by atoms with Gasteiger partial charge < -0.3 is 11.5 Å². The van der Waals surface area contributed by atoms with E-state index < -0.39 is 0 Å². The van der Waals surface area contributed by atoms with E-state index in [9.17, 15) is 0 Å². The standard InChI is InChI=1S/C8H12N4/c9-3-6-8(10)11-4-7(12-6)5-1-2-5/h4-5H,1-3,9H2,(H2,10,11). The zero-order chi connectivity index (χ0) is 8.55. The van der Waals surface area contributed by atoms with Crippen LogP contribution < -0.4 is 11.5 Å². The average Bonchev–Trinajstić information content (AvgIpc) is 2.88. The monoisotopic (exact) mass is 164 g/mol. The van der Waals surface area contributed by atoms with E-state index in [1.54, 1.807) is 6.20 Å². The summed E-state index contributed by atoms with van der Waals surface area (Å²) in [6.45, 7) is 0.374. The van der Waals surface area contributed by atoms with E-state index in [2.05, 4.69) is 9.97 Å². The molecule has 0 spiro atoms. The molecule has 12 heavy (non-hydrogen) atoms. The van der Waals surface area contributed by atoms with Crippen molar-refractivity contribution in [3.05, 3.63) is 17.6 Å². The molecule has 0 amide bonds. The molecule has 0 aromatic carbocycles. The van der Waals surface area contributed by atoms with Gasteiger partial charge in [0, 0.05) is 12.5 Å². The topological polar surface area (TPSA) is 77.8 Å². The van der Waals surface area contributed by atoms with E-state index in [4.69, 9.17) is 11.5 Å². The normalized spacial score (nSPS) is 16.4. The highest BCUT2D eigenvalue weighted by atomic mass is 14.9. The third-order valence-electron chi connectivity index (χ3n) is 2.08. The Kier molecular flexibility index (Phi) is 1.69. The van der Waals surface area contributed by atoms with E-state index in [1.807, 2.05) is 0 Å². The van der Waals surface area contributed by atoms with E-state index in [-0.39, 0.29) is 0 Å². The fourth-order valence-electron chi connectivity index (χ4n) is 1.18. The van der Waals surface area contributed by atoms with Crippen molar-refractivity contribution in [3.8, 4) is 0 Å². The lowest BCUT2D eigenvalue weighted by Crippen LogP contribution is -2.07. The maximum Gasteiger partial charge on any atom is 0.146 e. The van der Waals surface area contributed by atoms with Gasteiger partial charge in [0.05, 0.1) is 17.6 Å². The number of hydrogen-bond acceptors (Lipinski definition) is 4. The second-order valence-corrected chi connectivity index (χ2v) is 3.11. The molecule has 1 aliphatic carbocycles. The molecule has 2 rings (SSSR count). The number of aromatic nitrogens is 2. The fourth-order valence-corrected chi connectivity index (χ4v) is 1.18. The summed E-state index contributed by atoms with van der Waals surface area (Å²) in [5.41, 5.74) is 12.8. The lowest BCUT2D eigenvalue weighted by molar-refractivity contribution is 0.904. The van der Waals surface area contributed by atoms with Gasteiger partial charge in [-0.25, -0.2) is 4.98 Å². The van der Waals surface area contributed by atoms with Gasteiger partial charge in [-0.15, -0.1) is 0 Å². The molecule has 1 saturated carbocycles. The molecule has 0 atom stereocenters. The summed E-state index contributed by atoms with van der Waals surface area (Å²) in [6, 6.07) is 0. The molecule has 4 N–H and O–H groups in total. The highest BCUT2D eigenvalue weighted by Crippen LogP contribution is 2.38. The third-order valence-corrected chi connectivity index (χ3v) is 2.08. The molecule has 1 aromatic heterocycles. The average molecular weight is 164 g/mol. The molecule has 1 fully saturated rings. The summed E-state index contributed by atoms with van der Waals surface area (Å²) in [7, 11) is 0. The minimum absolute atomic E-state index is 0.374. The van der Waals surface area contributed by atoms with Crippen molar-refractivity contribution in [3.63, 3.8) is 0 Å². The van der Waals surface area contributed by atoms with Crippen LogP contribution in [0.25, 0.3) is 0 Å². The SMILES string of the molecule is NCc1nc(C2CC2)cnc1N. The molecule has 1 heterocycles. The van der Waals surface area contributed by atoms with E-state index >= 15 is 0 Å². The number of nitrogen functional groups attached to an aromatic ring is 1. The summed E-state index contributed by atoms with van der Waals surface area (Å²) in [5.74, 6) is 1.07. The number of rotatable bonds is 2. The zero-order valence-corrected chi connectivity index (χ0v) is 6.83. The zero-order valence-electron chi connectivity index (χ0n) is 6.83. The summed E-state index contributed by atoms with van der Waals surface area (Å²) in [5, 5.41) is 0. The molecule has 4 nitrogen and oxygen atoms in total. The van der Waals surface area contributed by atoms with Gasteiger partial charge in [0.15, 0.2) is 0 Å². The van der Waals surface area contributed by atoms with Crippen LogP contribution in [0.2, 0.25) is 0 Å². The maximum atomic E-state index is 5.57. The van der Waals surface area contributed by atoms with Crippen molar-refractivity contribution in [2.75, 3.05) is 5.73 Å². The first kappa shape index (κ1) is 7.49. The smallest absolute Gasteiger partial charge is 0.146 e. The lowest BCUT2D eigenvalue weighted by atomic mass is 10.3. The van der Waals surface area contributed by atoms with Crippen LogP contribution in [0.3, 0.4) is 0 Å². The molecule has 0 radical (unpaired) electrons. The molecule has 64 valence electrons. The molecule has 0 saturated heterocycles. The molecule has 1 aromatic rings. The number of anilines is 1. The highest BCUT2D eigenvalue weighted by molar-refractivity contribution is 5.35. The molecule has 0 aliphatic heterocycles. The van der Waals surface area contributed by atoms with Gasteiger partial charge in [0.2, 0.25) is 0 Å². The van der Waals surface area contributed by atoms with Crippen LogP contribution in [0.5, 0.6) is 0 Å². The number of nitrogens with two attached hydrogens (primary N) is 2. The molecule has 0 bridgehead atoms. The molecule has 0 unspecified atom stereocenters. The van der Waals surface area contributed by atoms with E-state index in [1.165, 1.54) is 12.8 Å². The van der Waals surface area contributed by atoms with E-state index in [0.29, 0.717) is 18.3 Å². The van der Waals surface area contributed by atoms with Gasteiger partial charge in [0.25, 0.3) is 0 Å². The van der Waals surface area contributed by atoms with Gasteiger partial charge in [-0.05, 0) is 12.8 Å². The summed E-state index contributed by atoms with van der Waals surface area (Å²) in [4.78, 5) is 8.39. The number of nitrogens with zero attached hydrogens (tertiary/aromatic N) is 2. The molecular formula is C8H12N4. The predicted molar refractivity (Wildman–Crippen MR) is 46.3 cm³/mol. The van der Waals surface area contributed by atoms with Crippen molar-refractivity contribution < 1.29 is 0 Å². The minimum atomic E-state index is 0.374. The van der Waals surface area contributed by atoms with Crippen LogP contribution in [0.1, 0.15) is 30.1 Å². The van der Waals surface area contributed by atoms with E-state index in [0.717, 1.165) is 11.4 Å². The first-order chi connectivity index (χ1) is 5.81. The van der Waals surface area contributed by atoms with Gasteiger partial charge in [-0.1, -0.05) is 0 Å². The van der Waals surface area contributed by atoms with Crippen molar-refractivity contribution in [2.45, 2.75) is 25.3 Å². The molecule has 4 heteroatoms. The van der Waals surface area contributed by atoms with Crippen LogP contribution in [-0.4, -0.2) is 9.97 Å². The third kappa shape index (κ3) is 1.25. The van der Waals surface area contributed by atoms with Gasteiger partial charge in [0.1, 0.15) is 5.82 Å². The summed E-state index contributed by atoms with van der Waals surface area (Å²) < 4.78 is 0. The molecule has 1 aliphatic rings. The fraction of sp³-hybridized carbons (Fsp3) is 0.500. The van der Waals surface area contributed by atoms with Gasteiger partial charge >= 0.3 is 0 Å². The van der Waals surface area contributed by atoms with Crippen molar-refractivity contribution in [1.82, 2.24) is 9.97 Å². The Labute approximate surface area is 71.0 Å². The van der Waals surface area contributed by atoms with Crippen LogP contribution in [-0.2, 0) is 6.54 Å². The van der Waals surface area contributed by atoms with Crippen LogP contribution >= 0.6 is 0 Å². The Hall–Kier alpha value is -1.16. The lowest BCUT2D eigenvalue weighted by Gasteiger charge is -2.02. The maximum absolute atomic E-state index is 5.57. The highest BCUT2D eigenvalue weighted by Gasteiger charge is 2.25. The second kappa shape index (κ2) is 2.71. The Balaban J connectivity index is 2.33. The Morgan fingerprint density at radius 2 is 2.25 bits per heavy atom. The Morgan fingerprint density at radius 3 is 2.83 bits per heavy atom. The van der Waals surface area contributed by atoms with Crippen LogP contribution in [0, 0.1) is 0 Å². The van der Waals surface area contributed by atoms with Gasteiger partial charge in [-0.2, -0.15) is 0 Å². The van der Waals surface area contributed by atoms with Crippen molar-refractivity contribution >= 4 is 5.82 Å². The van der Waals surface area contributed by atoms with Crippen LogP contribution in [0.4, 0.5) is 5.82 Å². The first-order valence-corrected chi connectivity index (χ1v) is 4.12. The van der Waals surface area contributed by atoms with Gasteiger partial charge in [-0.3, -0.25) is 4.98 Å². The van der Waals surface area contributed by atoms with Crippen molar-refractivity contribution in [1.29, 1.82) is 0 Å². The predicted octanol–water partition coefficient (Wildman–Crippen LogP) is 0.395. The summed E-state index contributed by atoms with van der Waals surface area (Å²) >= 11 is 0. The minimum Gasteiger partial charge on any atom is -0.382 e. The Bertz CT molecular complexity index is 293. The summed E-state index contributed by atoms with van der Waals surface area (Å²) in [6.07, 6.45) is 4.21. The van der Waals surface area contributed by atoms with Crippen LogP contribution in [0.15, 0.2) is 6.20 Å². The van der Waals surface area contributed by atoms with Crippen molar-refractivity contribution in [2.24, 2.45) is 5.73 Å². The number of hydrogen-bond donors (Lipinski definition) is 2. The largest absolute Gasteiger partial charge is 0.382 e. The quantitative estimate of drug-likeness (QED) is 0.663. The second-order valence-electron chi connectivity index (χ2n) is 3.11.